The van der Waals surface area contributed by atoms with Crippen LogP contribution >= 0.6 is 22.9 Å². The number of aromatic nitrogens is 1. The number of hydrogen-bond donors (Lipinski definition) is 0. The van der Waals surface area contributed by atoms with E-state index in [2.05, 4.69) is 31.2 Å². The molecule has 1 nitrogen and oxygen atoms in total. The van der Waals surface area contributed by atoms with E-state index >= 15 is 0 Å². The molecule has 4 aromatic rings. The Bertz CT molecular complexity index is 940. The fourth-order valence-electron chi connectivity index (χ4n) is 2.51. The highest BCUT2D eigenvalue weighted by atomic mass is 35.5. The molecule has 0 fully saturated rings. The third kappa shape index (κ3) is 1.71. The van der Waals surface area contributed by atoms with Crippen LogP contribution in [0.15, 0.2) is 42.5 Å². The molecule has 0 bridgehead atoms. The van der Waals surface area contributed by atoms with Crippen LogP contribution in [0.25, 0.3) is 31.9 Å². The summed E-state index contributed by atoms with van der Waals surface area (Å²) in [7, 11) is 0. The average Bonchev–Trinajstić information content (AvgIpc) is 2.77. The molecule has 0 aliphatic heterocycles. The van der Waals surface area contributed by atoms with Crippen LogP contribution in [-0.4, -0.2) is 4.98 Å². The quantitative estimate of drug-likeness (QED) is 0.385. The molecule has 0 aliphatic rings. The number of thiophene rings is 1. The van der Waals surface area contributed by atoms with E-state index in [4.69, 9.17) is 16.6 Å². The van der Waals surface area contributed by atoms with Gasteiger partial charge in [0.2, 0.25) is 0 Å². The van der Waals surface area contributed by atoms with E-state index in [-0.39, 0.29) is 0 Å². The lowest BCUT2D eigenvalue weighted by molar-refractivity contribution is 1.52. The molecular weight excluding hydrogens is 274 g/mol. The van der Waals surface area contributed by atoms with Gasteiger partial charge in [-0.2, -0.15) is 0 Å². The van der Waals surface area contributed by atoms with Crippen molar-refractivity contribution in [1.29, 1.82) is 0 Å². The van der Waals surface area contributed by atoms with Crippen molar-refractivity contribution in [2.45, 2.75) is 6.92 Å². The van der Waals surface area contributed by atoms with Gasteiger partial charge in [0.1, 0.15) is 0 Å². The average molecular weight is 284 g/mol. The van der Waals surface area contributed by atoms with Gasteiger partial charge in [0.15, 0.2) is 0 Å². The van der Waals surface area contributed by atoms with Crippen molar-refractivity contribution in [3.8, 4) is 0 Å². The van der Waals surface area contributed by atoms with Crippen molar-refractivity contribution in [3.63, 3.8) is 0 Å². The van der Waals surface area contributed by atoms with E-state index in [1.807, 2.05) is 29.5 Å². The minimum absolute atomic E-state index is 0.751. The first-order valence-electron chi connectivity index (χ1n) is 6.10. The Morgan fingerprint density at radius 3 is 2.79 bits per heavy atom. The summed E-state index contributed by atoms with van der Waals surface area (Å²) in [6.45, 7) is 2.14. The molecular formula is C16H10ClNS. The maximum atomic E-state index is 6.04. The van der Waals surface area contributed by atoms with Crippen molar-refractivity contribution in [1.82, 2.24) is 4.98 Å². The summed E-state index contributed by atoms with van der Waals surface area (Å²) < 4.78 is 1.30. The highest BCUT2D eigenvalue weighted by Gasteiger charge is 2.07. The topological polar surface area (TPSA) is 12.9 Å². The van der Waals surface area contributed by atoms with E-state index in [0.717, 1.165) is 21.4 Å². The lowest BCUT2D eigenvalue weighted by Gasteiger charge is -2.03. The second-order valence-electron chi connectivity index (χ2n) is 4.73. The standard InChI is InChI=1S/C16H10ClNS/c1-9-6-13-15(19-9)5-2-10-7-11-8-12(17)3-4-14(11)18-16(10)13/h2-8H,1H3. The van der Waals surface area contributed by atoms with Crippen LogP contribution in [0.3, 0.4) is 0 Å². The third-order valence-corrected chi connectivity index (χ3v) is 4.61. The Kier molecular flexibility index (Phi) is 2.32. The zero-order chi connectivity index (χ0) is 13.0. The van der Waals surface area contributed by atoms with Gasteiger partial charge >= 0.3 is 0 Å². The number of nitrogens with zero attached hydrogens (tertiary/aromatic N) is 1. The van der Waals surface area contributed by atoms with Crippen molar-refractivity contribution in [3.05, 3.63) is 52.4 Å². The zero-order valence-electron chi connectivity index (χ0n) is 10.3. The molecule has 2 aromatic heterocycles. The molecule has 0 amide bonds. The molecule has 0 N–H and O–H groups in total. The van der Waals surface area contributed by atoms with Crippen LogP contribution in [0.2, 0.25) is 5.02 Å². The predicted molar refractivity (Wildman–Crippen MR) is 84.4 cm³/mol. The first-order chi connectivity index (χ1) is 9.20. The number of halogens is 1. The van der Waals surface area contributed by atoms with Crippen LogP contribution < -0.4 is 0 Å². The molecule has 0 saturated heterocycles. The SMILES string of the molecule is Cc1cc2c(ccc3cc4cc(Cl)ccc4nc32)s1. The van der Waals surface area contributed by atoms with Crippen LogP contribution in [0.1, 0.15) is 4.88 Å². The largest absolute Gasteiger partial charge is 0.247 e. The summed E-state index contributed by atoms with van der Waals surface area (Å²) in [5, 5.41) is 4.25. The van der Waals surface area contributed by atoms with E-state index < -0.39 is 0 Å². The Hall–Kier alpha value is -1.64. The summed E-state index contributed by atoms with van der Waals surface area (Å²) in [5.74, 6) is 0. The Labute approximate surface area is 119 Å². The summed E-state index contributed by atoms with van der Waals surface area (Å²) in [4.78, 5) is 6.13. The van der Waals surface area contributed by atoms with Gasteiger partial charge in [-0.1, -0.05) is 17.7 Å². The van der Waals surface area contributed by atoms with Gasteiger partial charge < -0.3 is 0 Å². The second-order valence-corrected chi connectivity index (χ2v) is 6.46. The van der Waals surface area contributed by atoms with Gasteiger partial charge in [0.05, 0.1) is 11.0 Å². The first kappa shape index (κ1) is 11.2. The molecule has 0 saturated carbocycles. The molecule has 0 atom stereocenters. The minimum Gasteiger partial charge on any atom is -0.247 e. The molecule has 3 heteroatoms. The monoisotopic (exact) mass is 283 g/mol. The predicted octanol–water partition coefficient (Wildman–Crippen LogP) is 5.56. The summed E-state index contributed by atoms with van der Waals surface area (Å²) in [6, 6.07) is 14.5. The first-order valence-corrected chi connectivity index (χ1v) is 7.29. The number of pyridine rings is 1. The van der Waals surface area contributed by atoms with Gasteiger partial charge in [0.25, 0.3) is 0 Å². The van der Waals surface area contributed by atoms with Crippen LogP contribution in [0.4, 0.5) is 0 Å². The highest BCUT2D eigenvalue weighted by molar-refractivity contribution is 7.19. The molecule has 92 valence electrons. The number of fused-ring (bicyclic) bond motifs is 4. The minimum atomic E-state index is 0.751. The van der Waals surface area contributed by atoms with Crippen molar-refractivity contribution in [2.24, 2.45) is 0 Å². The van der Waals surface area contributed by atoms with E-state index in [1.165, 1.54) is 20.3 Å². The fourth-order valence-corrected chi connectivity index (χ4v) is 3.62. The summed E-state index contributed by atoms with van der Waals surface area (Å²) in [6.07, 6.45) is 0. The van der Waals surface area contributed by atoms with E-state index in [9.17, 15) is 0 Å². The zero-order valence-corrected chi connectivity index (χ0v) is 11.8. The Balaban J connectivity index is 2.21. The number of benzene rings is 2. The van der Waals surface area contributed by atoms with Crippen molar-refractivity contribution >= 4 is 54.8 Å². The highest BCUT2D eigenvalue weighted by Crippen LogP contribution is 2.32. The normalized spacial score (nSPS) is 11.7. The summed E-state index contributed by atoms with van der Waals surface area (Å²) in [5.41, 5.74) is 2.07. The molecule has 0 unspecified atom stereocenters. The van der Waals surface area contributed by atoms with Gasteiger partial charge in [-0.15, -0.1) is 11.3 Å². The van der Waals surface area contributed by atoms with E-state index in [1.54, 1.807) is 0 Å². The van der Waals surface area contributed by atoms with Crippen LogP contribution in [-0.2, 0) is 0 Å². The maximum Gasteiger partial charge on any atom is 0.0796 e. The van der Waals surface area contributed by atoms with E-state index in [0.29, 0.717) is 0 Å². The maximum absolute atomic E-state index is 6.04. The smallest absolute Gasteiger partial charge is 0.0796 e. The Morgan fingerprint density at radius 2 is 1.89 bits per heavy atom. The molecule has 0 aliphatic carbocycles. The van der Waals surface area contributed by atoms with Crippen molar-refractivity contribution in [2.75, 3.05) is 0 Å². The van der Waals surface area contributed by atoms with Gasteiger partial charge in [0, 0.05) is 30.8 Å². The fraction of sp³-hybridized carbons (Fsp3) is 0.0625. The third-order valence-electron chi connectivity index (χ3n) is 3.36. The van der Waals surface area contributed by atoms with Gasteiger partial charge in [-0.25, -0.2) is 4.98 Å². The van der Waals surface area contributed by atoms with Gasteiger partial charge in [-0.05, 0) is 43.3 Å². The van der Waals surface area contributed by atoms with Crippen molar-refractivity contribution < 1.29 is 0 Å². The lowest BCUT2D eigenvalue weighted by Crippen LogP contribution is -1.83. The lowest BCUT2D eigenvalue weighted by atomic mass is 10.1. The number of hydrogen-bond acceptors (Lipinski definition) is 2. The number of rotatable bonds is 0. The molecule has 0 radical (unpaired) electrons. The molecule has 2 heterocycles. The molecule has 2 aromatic carbocycles. The molecule has 4 rings (SSSR count). The second kappa shape index (κ2) is 3.92. The Morgan fingerprint density at radius 1 is 1.00 bits per heavy atom. The molecule has 0 spiro atoms. The molecule has 19 heavy (non-hydrogen) atoms. The van der Waals surface area contributed by atoms with Crippen LogP contribution in [0.5, 0.6) is 0 Å². The number of aryl methyl sites for hydroxylation is 1. The summed E-state index contributed by atoms with van der Waals surface area (Å²) >= 11 is 7.86. The van der Waals surface area contributed by atoms with Crippen LogP contribution in [0, 0.1) is 6.92 Å². The van der Waals surface area contributed by atoms with Gasteiger partial charge in [-0.3, -0.25) is 0 Å².